The fourth-order valence-corrected chi connectivity index (χ4v) is 3.16. The summed E-state index contributed by atoms with van der Waals surface area (Å²) in [7, 11) is 0. The molecule has 0 fully saturated rings. The van der Waals surface area contributed by atoms with Gasteiger partial charge in [-0.1, -0.05) is 42.5 Å². The molecular formula is C26H30N2O3. The highest BCUT2D eigenvalue weighted by atomic mass is 16.5. The van der Waals surface area contributed by atoms with Gasteiger partial charge in [0.25, 0.3) is 0 Å². The molecule has 0 radical (unpaired) electrons. The van der Waals surface area contributed by atoms with Gasteiger partial charge in [-0.15, -0.1) is 0 Å². The van der Waals surface area contributed by atoms with Gasteiger partial charge in [-0.05, 0) is 57.0 Å². The number of nitrogens with one attached hydrogen (secondary N) is 1. The first-order valence-corrected chi connectivity index (χ1v) is 10.8. The summed E-state index contributed by atoms with van der Waals surface area (Å²) >= 11 is 0. The summed E-state index contributed by atoms with van der Waals surface area (Å²) in [5, 5.41) is 3.43. The number of rotatable bonds is 10. The molecule has 1 aromatic heterocycles. The van der Waals surface area contributed by atoms with Crippen molar-refractivity contribution in [1.82, 2.24) is 4.98 Å². The van der Waals surface area contributed by atoms with Crippen molar-refractivity contribution in [3.05, 3.63) is 77.9 Å². The maximum Gasteiger partial charge on any atom is 0.306 e. The summed E-state index contributed by atoms with van der Waals surface area (Å²) < 4.78 is 11.0. The first kappa shape index (κ1) is 22.3. The van der Waals surface area contributed by atoms with Crippen LogP contribution in [-0.4, -0.2) is 23.7 Å². The van der Waals surface area contributed by atoms with Crippen LogP contribution in [0.5, 0.6) is 5.88 Å². The molecule has 0 aliphatic rings. The Morgan fingerprint density at radius 3 is 2.42 bits per heavy atom. The van der Waals surface area contributed by atoms with Crippen LogP contribution in [0.25, 0.3) is 11.3 Å². The zero-order chi connectivity index (χ0) is 22.1. The highest BCUT2D eigenvalue weighted by Gasteiger charge is 2.11. The van der Waals surface area contributed by atoms with Gasteiger partial charge < -0.3 is 14.8 Å². The number of anilines is 1. The van der Waals surface area contributed by atoms with E-state index in [1.54, 1.807) is 0 Å². The van der Waals surface area contributed by atoms with Crippen molar-refractivity contribution in [2.45, 2.75) is 46.3 Å². The lowest BCUT2D eigenvalue weighted by Gasteiger charge is -2.16. The van der Waals surface area contributed by atoms with Crippen LogP contribution >= 0.6 is 0 Å². The molecule has 5 heteroatoms. The van der Waals surface area contributed by atoms with Crippen molar-refractivity contribution in [3.63, 3.8) is 0 Å². The number of pyridine rings is 1. The van der Waals surface area contributed by atoms with Crippen LogP contribution in [0.3, 0.4) is 0 Å². The van der Waals surface area contributed by atoms with Crippen LogP contribution in [0, 0.1) is 0 Å². The smallest absolute Gasteiger partial charge is 0.306 e. The highest BCUT2D eigenvalue weighted by Crippen LogP contribution is 2.25. The van der Waals surface area contributed by atoms with E-state index in [2.05, 4.69) is 11.4 Å². The number of aryl methyl sites for hydroxylation is 1. The van der Waals surface area contributed by atoms with Gasteiger partial charge in [-0.3, -0.25) is 4.79 Å². The summed E-state index contributed by atoms with van der Waals surface area (Å²) in [6, 6.07) is 22.3. The van der Waals surface area contributed by atoms with E-state index in [1.165, 1.54) is 0 Å². The van der Waals surface area contributed by atoms with Crippen molar-refractivity contribution >= 4 is 11.7 Å². The first-order valence-electron chi connectivity index (χ1n) is 10.8. The van der Waals surface area contributed by atoms with E-state index in [9.17, 15) is 4.79 Å². The first-order chi connectivity index (χ1) is 15.0. The second-order valence-corrected chi connectivity index (χ2v) is 7.55. The molecule has 2 aromatic carbocycles. The third-order valence-electron chi connectivity index (χ3n) is 4.72. The molecule has 0 saturated carbocycles. The molecule has 0 amide bonds. The second kappa shape index (κ2) is 11.2. The molecule has 0 atom stereocenters. The van der Waals surface area contributed by atoms with Crippen LogP contribution in [-0.2, 0) is 22.5 Å². The second-order valence-electron chi connectivity index (χ2n) is 7.55. The van der Waals surface area contributed by atoms with Crippen LogP contribution in [0.2, 0.25) is 0 Å². The summed E-state index contributed by atoms with van der Waals surface area (Å²) in [5.41, 5.74) is 5.07. The third-order valence-corrected chi connectivity index (χ3v) is 4.72. The average Bonchev–Trinajstić information content (AvgIpc) is 2.78. The van der Waals surface area contributed by atoms with Crippen LogP contribution in [0.4, 0.5) is 5.69 Å². The van der Waals surface area contributed by atoms with Crippen molar-refractivity contribution in [2.75, 3.05) is 11.9 Å². The van der Waals surface area contributed by atoms with Crippen LogP contribution < -0.4 is 10.1 Å². The number of nitrogens with zero attached hydrogens (tertiary/aromatic N) is 1. The number of esters is 1. The Balaban J connectivity index is 1.65. The predicted molar refractivity (Wildman–Crippen MR) is 124 cm³/mol. The minimum absolute atomic E-state index is 0.0379. The Labute approximate surface area is 184 Å². The normalized spacial score (nSPS) is 10.7. The Morgan fingerprint density at radius 1 is 1.00 bits per heavy atom. The number of carbonyl (C=O) groups is 1. The van der Waals surface area contributed by atoms with Crippen LogP contribution in [0.15, 0.2) is 66.7 Å². The Kier molecular flexibility index (Phi) is 8.05. The number of hydrogen-bond acceptors (Lipinski definition) is 5. The van der Waals surface area contributed by atoms with Gasteiger partial charge in [0.2, 0.25) is 5.88 Å². The van der Waals surface area contributed by atoms with Gasteiger partial charge in [0.1, 0.15) is 0 Å². The van der Waals surface area contributed by atoms with E-state index in [0.29, 0.717) is 31.9 Å². The van der Waals surface area contributed by atoms with Gasteiger partial charge in [-0.2, -0.15) is 0 Å². The summed E-state index contributed by atoms with van der Waals surface area (Å²) in [6.45, 7) is 6.85. The van der Waals surface area contributed by atoms with Crippen molar-refractivity contribution in [2.24, 2.45) is 0 Å². The van der Waals surface area contributed by atoms with E-state index in [4.69, 9.17) is 14.5 Å². The number of ether oxygens (including phenoxy) is 2. The summed E-state index contributed by atoms with van der Waals surface area (Å²) in [4.78, 5) is 16.3. The fraction of sp³-hybridized carbons (Fsp3) is 0.308. The minimum Gasteiger partial charge on any atom is -0.475 e. The van der Waals surface area contributed by atoms with E-state index in [-0.39, 0.29) is 12.1 Å². The fourth-order valence-electron chi connectivity index (χ4n) is 3.16. The van der Waals surface area contributed by atoms with Gasteiger partial charge >= 0.3 is 5.97 Å². The Hall–Kier alpha value is -3.34. The molecule has 31 heavy (non-hydrogen) atoms. The van der Waals surface area contributed by atoms with E-state index >= 15 is 0 Å². The van der Waals surface area contributed by atoms with Crippen molar-refractivity contribution in [3.8, 4) is 17.1 Å². The van der Waals surface area contributed by atoms with Gasteiger partial charge in [-0.25, -0.2) is 4.98 Å². The molecular weight excluding hydrogens is 388 g/mol. The summed E-state index contributed by atoms with van der Waals surface area (Å²) in [5.74, 6) is 0.490. The monoisotopic (exact) mass is 418 g/mol. The molecule has 3 aromatic rings. The molecule has 0 bridgehead atoms. The van der Waals surface area contributed by atoms with Crippen molar-refractivity contribution in [1.29, 1.82) is 0 Å². The van der Waals surface area contributed by atoms with Gasteiger partial charge in [0.15, 0.2) is 0 Å². The zero-order valence-electron chi connectivity index (χ0n) is 18.4. The standard InChI is InChI=1S/C26H30N2O3/c1-4-30-25(29)17-12-20-10-14-23(15-11-20)27-18-22-13-16-24(21-8-6-5-7-9-21)28-26(22)31-19(2)3/h5-11,13-16,19,27H,4,12,17-18H2,1-3H3. The molecule has 0 aliphatic heterocycles. The topological polar surface area (TPSA) is 60.5 Å². The third kappa shape index (κ3) is 6.85. The number of carbonyl (C=O) groups excluding carboxylic acids is 1. The lowest BCUT2D eigenvalue weighted by Crippen LogP contribution is -2.11. The Morgan fingerprint density at radius 2 is 1.74 bits per heavy atom. The molecule has 5 nitrogen and oxygen atoms in total. The number of benzene rings is 2. The number of hydrogen-bond donors (Lipinski definition) is 1. The minimum atomic E-state index is -0.158. The lowest BCUT2D eigenvalue weighted by atomic mass is 10.1. The van der Waals surface area contributed by atoms with E-state index in [0.717, 1.165) is 28.1 Å². The molecule has 0 spiro atoms. The predicted octanol–water partition coefficient (Wildman–Crippen LogP) is 5.64. The number of aromatic nitrogens is 1. The average molecular weight is 419 g/mol. The van der Waals surface area contributed by atoms with E-state index in [1.807, 2.05) is 81.4 Å². The van der Waals surface area contributed by atoms with Gasteiger partial charge in [0.05, 0.1) is 18.4 Å². The van der Waals surface area contributed by atoms with Gasteiger partial charge in [0, 0.05) is 29.8 Å². The maximum atomic E-state index is 11.5. The maximum absolute atomic E-state index is 11.5. The van der Waals surface area contributed by atoms with E-state index < -0.39 is 0 Å². The molecule has 0 aliphatic carbocycles. The molecule has 1 N–H and O–H groups in total. The SMILES string of the molecule is CCOC(=O)CCc1ccc(NCc2ccc(-c3ccccc3)nc2OC(C)C)cc1. The molecule has 3 rings (SSSR count). The quantitative estimate of drug-likeness (QED) is 0.432. The lowest BCUT2D eigenvalue weighted by molar-refractivity contribution is -0.143. The highest BCUT2D eigenvalue weighted by molar-refractivity contribution is 5.69. The molecule has 1 heterocycles. The molecule has 0 saturated heterocycles. The largest absolute Gasteiger partial charge is 0.475 e. The zero-order valence-corrected chi connectivity index (χ0v) is 18.4. The summed E-state index contributed by atoms with van der Waals surface area (Å²) in [6.07, 6.45) is 1.11. The van der Waals surface area contributed by atoms with Crippen LogP contribution in [0.1, 0.15) is 38.3 Å². The van der Waals surface area contributed by atoms with Crippen molar-refractivity contribution < 1.29 is 14.3 Å². The molecule has 0 unspecified atom stereocenters. The molecule has 162 valence electrons. The Bertz CT molecular complexity index is 970.